The number of ether oxygens (including phenoxy) is 1. The Labute approximate surface area is 142 Å². The molecule has 7 heteroatoms. The quantitative estimate of drug-likeness (QED) is 0.890. The number of carbonyl (C=O) groups excluding carboxylic acids is 2. The lowest BCUT2D eigenvalue weighted by atomic mass is 9.91. The van der Waals surface area contributed by atoms with Crippen molar-refractivity contribution in [3.05, 3.63) is 23.8 Å². The predicted octanol–water partition coefficient (Wildman–Crippen LogP) is 1.13. The number of carbonyl (C=O) groups is 2. The van der Waals surface area contributed by atoms with Gasteiger partial charge in [0.2, 0.25) is 5.91 Å². The molecule has 1 aliphatic rings. The van der Waals surface area contributed by atoms with E-state index in [0.717, 1.165) is 0 Å². The molecule has 2 N–H and O–H groups in total. The van der Waals surface area contributed by atoms with Gasteiger partial charge < -0.3 is 15.4 Å². The van der Waals surface area contributed by atoms with E-state index in [9.17, 15) is 9.59 Å². The van der Waals surface area contributed by atoms with Gasteiger partial charge in [0, 0.05) is 50.3 Å². The van der Waals surface area contributed by atoms with E-state index >= 15 is 0 Å². The van der Waals surface area contributed by atoms with Crippen molar-refractivity contribution in [2.24, 2.45) is 11.7 Å². The molecule has 2 rings (SSSR count). The average molecular weight is 334 g/mol. The zero-order valence-electron chi connectivity index (χ0n) is 14.8. The molecule has 24 heavy (non-hydrogen) atoms. The first-order valence-electron chi connectivity index (χ1n) is 8.15. The summed E-state index contributed by atoms with van der Waals surface area (Å²) in [6.07, 6.45) is 3.98. The van der Waals surface area contributed by atoms with Crippen LogP contribution in [0.3, 0.4) is 0 Å². The maximum atomic E-state index is 12.7. The van der Waals surface area contributed by atoms with Gasteiger partial charge in [-0.3, -0.25) is 9.59 Å². The lowest BCUT2D eigenvalue weighted by Crippen LogP contribution is -2.47. The highest BCUT2D eigenvalue weighted by Crippen LogP contribution is 2.24. The van der Waals surface area contributed by atoms with E-state index in [1.807, 2.05) is 20.8 Å². The fraction of sp³-hybridized carbons (Fsp3) is 0.647. The Hall–Kier alpha value is -2.02. The molecule has 1 aliphatic heterocycles. The van der Waals surface area contributed by atoms with Crippen LogP contribution in [0.5, 0.6) is 0 Å². The van der Waals surface area contributed by atoms with Crippen LogP contribution in [0.4, 0.5) is 0 Å². The Morgan fingerprint density at radius 3 is 2.46 bits per heavy atom. The van der Waals surface area contributed by atoms with Crippen LogP contribution in [-0.2, 0) is 14.9 Å². The topological polar surface area (TPSA) is 98.4 Å². The van der Waals surface area contributed by atoms with E-state index in [1.54, 1.807) is 24.4 Å². The van der Waals surface area contributed by atoms with Crippen molar-refractivity contribution in [3.63, 3.8) is 0 Å². The molecule has 2 amide bonds. The second kappa shape index (κ2) is 7.25. The van der Waals surface area contributed by atoms with Gasteiger partial charge in [-0.15, -0.1) is 0 Å². The molecule has 2 heterocycles. The van der Waals surface area contributed by atoms with Gasteiger partial charge in [-0.1, -0.05) is 20.8 Å². The van der Waals surface area contributed by atoms with Crippen LogP contribution in [0.2, 0.25) is 0 Å². The number of hydrogen-bond donors (Lipinski definition) is 1. The highest BCUT2D eigenvalue weighted by Gasteiger charge is 2.33. The van der Waals surface area contributed by atoms with Crippen molar-refractivity contribution < 1.29 is 14.3 Å². The molecule has 1 saturated heterocycles. The van der Waals surface area contributed by atoms with E-state index < -0.39 is 0 Å². The number of amides is 2. The third kappa shape index (κ3) is 4.29. The minimum Gasteiger partial charge on any atom is -0.381 e. The maximum absolute atomic E-state index is 12.7. The van der Waals surface area contributed by atoms with E-state index in [0.29, 0.717) is 30.9 Å². The second-order valence-electron chi connectivity index (χ2n) is 7.29. The Kier molecular flexibility index (Phi) is 5.54. The first kappa shape index (κ1) is 18.3. The minimum atomic E-state index is -0.380. The smallest absolute Gasteiger partial charge is 0.257 e. The normalized spacial score (nSPS) is 21.6. The zero-order valence-corrected chi connectivity index (χ0v) is 14.8. The fourth-order valence-corrected chi connectivity index (χ4v) is 2.97. The molecule has 7 nitrogen and oxygen atoms in total. The molecule has 132 valence electrons. The first-order valence-corrected chi connectivity index (χ1v) is 8.15. The summed E-state index contributed by atoms with van der Waals surface area (Å²) in [6, 6.07) is 0. The fourth-order valence-electron chi connectivity index (χ4n) is 2.97. The van der Waals surface area contributed by atoms with Gasteiger partial charge in [0.15, 0.2) is 0 Å². The monoisotopic (exact) mass is 334 g/mol. The Morgan fingerprint density at radius 1 is 1.33 bits per heavy atom. The van der Waals surface area contributed by atoms with Crippen molar-refractivity contribution in [2.45, 2.75) is 45.1 Å². The first-order chi connectivity index (χ1) is 11.2. The highest BCUT2D eigenvalue weighted by molar-refractivity contribution is 5.93. The third-order valence-electron chi connectivity index (χ3n) is 4.29. The number of primary amides is 1. The molecular weight excluding hydrogens is 308 g/mol. The molecule has 2 atom stereocenters. The van der Waals surface area contributed by atoms with Gasteiger partial charge in [-0.2, -0.15) is 0 Å². The van der Waals surface area contributed by atoms with Crippen LogP contribution < -0.4 is 5.73 Å². The van der Waals surface area contributed by atoms with Crippen LogP contribution in [0.25, 0.3) is 0 Å². The van der Waals surface area contributed by atoms with Crippen molar-refractivity contribution in [1.29, 1.82) is 0 Å². The van der Waals surface area contributed by atoms with Gasteiger partial charge in [0.05, 0.1) is 11.7 Å². The van der Waals surface area contributed by atoms with E-state index in [4.69, 9.17) is 10.5 Å². The number of nitrogens with zero attached hydrogens (tertiary/aromatic N) is 3. The standard InChI is InChI=1S/C17H26N4O3/c1-17(2,3)16-19-8-12(9-20-16)15(23)21-6-5-13(24-4)11(10-21)7-14(18)22/h8-9,11,13H,5-7,10H2,1-4H3,(H2,18,22)/t11-,13-/m1/s1. The maximum Gasteiger partial charge on any atom is 0.257 e. The summed E-state index contributed by atoms with van der Waals surface area (Å²) in [5.74, 6) is 0.109. The SMILES string of the molecule is CO[C@@H]1CCN(C(=O)c2cnc(C(C)(C)C)nc2)C[C@H]1CC(N)=O. The third-order valence-corrected chi connectivity index (χ3v) is 4.29. The van der Waals surface area contributed by atoms with Crippen LogP contribution >= 0.6 is 0 Å². The second-order valence-corrected chi connectivity index (χ2v) is 7.29. The number of hydrogen-bond acceptors (Lipinski definition) is 5. The van der Waals surface area contributed by atoms with Gasteiger partial charge in [-0.25, -0.2) is 9.97 Å². The number of piperidine rings is 1. The summed E-state index contributed by atoms with van der Waals surface area (Å²) in [7, 11) is 1.62. The summed E-state index contributed by atoms with van der Waals surface area (Å²) in [5.41, 5.74) is 5.61. The molecule has 0 saturated carbocycles. The summed E-state index contributed by atoms with van der Waals surface area (Å²) >= 11 is 0. The number of methoxy groups -OCH3 is 1. The highest BCUT2D eigenvalue weighted by atomic mass is 16.5. The number of nitrogens with two attached hydrogens (primary N) is 1. The van der Waals surface area contributed by atoms with Crippen molar-refractivity contribution >= 4 is 11.8 Å². The molecule has 1 aromatic heterocycles. The van der Waals surface area contributed by atoms with E-state index in [2.05, 4.69) is 9.97 Å². The molecule has 0 aliphatic carbocycles. The largest absolute Gasteiger partial charge is 0.381 e. The number of rotatable bonds is 4. The lowest BCUT2D eigenvalue weighted by Gasteiger charge is -2.37. The molecular formula is C17H26N4O3. The van der Waals surface area contributed by atoms with Crippen molar-refractivity contribution in [2.75, 3.05) is 20.2 Å². The summed E-state index contributed by atoms with van der Waals surface area (Å²) in [5, 5.41) is 0. The van der Waals surface area contributed by atoms with Crippen LogP contribution in [0, 0.1) is 5.92 Å². The average Bonchev–Trinajstić information content (AvgIpc) is 2.53. The minimum absolute atomic E-state index is 0.0546. The van der Waals surface area contributed by atoms with E-state index in [-0.39, 0.29) is 35.7 Å². The summed E-state index contributed by atoms with van der Waals surface area (Å²) in [4.78, 5) is 34.3. The van der Waals surface area contributed by atoms with Gasteiger partial charge >= 0.3 is 0 Å². The molecule has 0 unspecified atom stereocenters. The zero-order chi connectivity index (χ0) is 17.9. The van der Waals surface area contributed by atoms with Crippen LogP contribution in [0.1, 0.15) is 49.8 Å². The molecule has 1 fully saturated rings. The van der Waals surface area contributed by atoms with Gasteiger partial charge in [-0.05, 0) is 6.42 Å². The van der Waals surface area contributed by atoms with Gasteiger partial charge in [0.25, 0.3) is 5.91 Å². The Bertz CT molecular complexity index is 595. The summed E-state index contributed by atoms with van der Waals surface area (Å²) in [6.45, 7) is 7.09. The van der Waals surface area contributed by atoms with Crippen molar-refractivity contribution in [1.82, 2.24) is 14.9 Å². The van der Waals surface area contributed by atoms with Gasteiger partial charge in [0.1, 0.15) is 5.82 Å². The lowest BCUT2D eigenvalue weighted by molar-refractivity contribution is -0.121. The summed E-state index contributed by atoms with van der Waals surface area (Å²) < 4.78 is 5.42. The molecule has 1 aromatic rings. The molecule has 0 aromatic carbocycles. The molecule has 0 bridgehead atoms. The number of likely N-dealkylation sites (tertiary alicyclic amines) is 1. The number of aromatic nitrogens is 2. The van der Waals surface area contributed by atoms with Crippen LogP contribution in [0.15, 0.2) is 12.4 Å². The molecule has 0 radical (unpaired) electrons. The Morgan fingerprint density at radius 2 is 1.96 bits per heavy atom. The molecule has 0 spiro atoms. The Balaban J connectivity index is 2.10. The van der Waals surface area contributed by atoms with Crippen molar-refractivity contribution in [3.8, 4) is 0 Å². The van der Waals surface area contributed by atoms with E-state index in [1.165, 1.54) is 0 Å². The van der Waals surface area contributed by atoms with Crippen LogP contribution in [-0.4, -0.2) is 53.0 Å². The predicted molar refractivity (Wildman–Crippen MR) is 89.4 cm³/mol.